The molecule has 0 aliphatic rings. The molecule has 0 aliphatic heterocycles. The highest BCUT2D eigenvalue weighted by molar-refractivity contribution is 5.50. The standard InChI is InChI=1S/C14H23N/c1-5-7-8-15(4)14-10-12(3)9-13(6-2)11-14/h9-11H,5-8H2,1-4H3. The fourth-order valence-electron chi connectivity index (χ4n) is 1.79. The van der Waals surface area contributed by atoms with Crippen molar-refractivity contribution in [1.29, 1.82) is 0 Å². The summed E-state index contributed by atoms with van der Waals surface area (Å²) in [6, 6.07) is 6.86. The Bertz CT molecular complexity index is 304. The molecule has 0 saturated heterocycles. The molecule has 0 aliphatic carbocycles. The van der Waals surface area contributed by atoms with E-state index in [2.05, 4.69) is 50.9 Å². The molecule has 15 heavy (non-hydrogen) atoms. The predicted octanol–water partition coefficient (Wildman–Crippen LogP) is 3.79. The van der Waals surface area contributed by atoms with Gasteiger partial charge in [-0.15, -0.1) is 0 Å². The normalized spacial score (nSPS) is 10.4. The van der Waals surface area contributed by atoms with E-state index in [9.17, 15) is 0 Å². The van der Waals surface area contributed by atoms with Gasteiger partial charge in [-0.1, -0.05) is 26.3 Å². The second-order valence-electron chi connectivity index (χ2n) is 4.31. The molecule has 1 heteroatoms. The molecule has 0 amide bonds. The van der Waals surface area contributed by atoms with E-state index in [-0.39, 0.29) is 0 Å². The summed E-state index contributed by atoms with van der Waals surface area (Å²) in [6.07, 6.45) is 3.65. The number of benzene rings is 1. The number of hydrogen-bond donors (Lipinski definition) is 0. The minimum Gasteiger partial charge on any atom is -0.375 e. The van der Waals surface area contributed by atoms with Crippen molar-refractivity contribution in [2.45, 2.75) is 40.0 Å². The number of aryl methyl sites for hydroxylation is 2. The van der Waals surface area contributed by atoms with Crippen LogP contribution in [0, 0.1) is 6.92 Å². The van der Waals surface area contributed by atoms with Crippen LogP contribution in [0.1, 0.15) is 37.8 Å². The van der Waals surface area contributed by atoms with Crippen molar-refractivity contribution >= 4 is 5.69 Å². The van der Waals surface area contributed by atoms with Crippen LogP contribution in [0.3, 0.4) is 0 Å². The van der Waals surface area contributed by atoms with Gasteiger partial charge < -0.3 is 4.90 Å². The van der Waals surface area contributed by atoms with Gasteiger partial charge in [0.2, 0.25) is 0 Å². The highest BCUT2D eigenvalue weighted by atomic mass is 15.1. The molecule has 0 N–H and O–H groups in total. The molecule has 1 aromatic carbocycles. The van der Waals surface area contributed by atoms with Crippen molar-refractivity contribution in [3.63, 3.8) is 0 Å². The maximum Gasteiger partial charge on any atom is 0.0369 e. The quantitative estimate of drug-likeness (QED) is 0.707. The van der Waals surface area contributed by atoms with E-state index in [4.69, 9.17) is 0 Å². The Balaban J connectivity index is 2.78. The second-order valence-corrected chi connectivity index (χ2v) is 4.31. The van der Waals surface area contributed by atoms with Crippen LogP contribution in [0.4, 0.5) is 5.69 Å². The van der Waals surface area contributed by atoms with Gasteiger partial charge in [0.1, 0.15) is 0 Å². The fourth-order valence-corrected chi connectivity index (χ4v) is 1.79. The summed E-state index contributed by atoms with van der Waals surface area (Å²) in [5.74, 6) is 0. The van der Waals surface area contributed by atoms with Gasteiger partial charge in [-0.25, -0.2) is 0 Å². The molecule has 84 valence electrons. The van der Waals surface area contributed by atoms with Crippen LogP contribution in [0.5, 0.6) is 0 Å². The first-order valence-corrected chi connectivity index (χ1v) is 5.99. The van der Waals surface area contributed by atoms with Crippen LogP contribution in [0.25, 0.3) is 0 Å². The van der Waals surface area contributed by atoms with Gasteiger partial charge in [0.25, 0.3) is 0 Å². The number of unbranched alkanes of at least 4 members (excludes halogenated alkanes) is 1. The first-order valence-electron chi connectivity index (χ1n) is 5.99. The first-order chi connectivity index (χ1) is 7.17. The van der Waals surface area contributed by atoms with Crippen LogP contribution < -0.4 is 4.90 Å². The van der Waals surface area contributed by atoms with Crippen LogP contribution >= 0.6 is 0 Å². The lowest BCUT2D eigenvalue weighted by Crippen LogP contribution is -2.18. The van der Waals surface area contributed by atoms with Crippen molar-refractivity contribution in [2.24, 2.45) is 0 Å². The van der Waals surface area contributed by atoms with E-state index in [1.807, 2.05) is 0 Å². The minimum absolute atomic E-state index is 1.12. The number of anilines is 1. The van der Waals surface area contributed by atoms with E-state index in [0.29, 0.717) is 0 Å². The monoisotopic (exact) mass is 205 g/mol. The molecular weight excluding hydrogens is 182 g/mol. The smallest absolute Gasteiger partial charge is 0.0369 e. The molecule has 0 saturated carbocycles. The van der Waals surface area contributed by atoms with E-state index in [0.717, 1.165) is 13.0 Å². The van der Waals surface area contributed by atoms with Crippen molar-refractivity contribution in [3.05, 3.63) is 29.3 Å². The summed E-state index contributed by atoms with van der Waals surface area (Å²) in [5, 5.41) is 0. The Morgan fingerprint density at radius 1 is 1.13 bits per heavy atom. The molecule has 0 radical (unpaired) electrons. The SMILES string of the molecule is CCCCN(C)c1cc(C)cc(CC)c1. The average molecular weight is 205 g/mol. The van der Waals surface area contributed by atoms with Gasteiger partial charge in [0, 0.05) is 19.3 Å². The summed E-state index contributed by atoms with van der Waals surface area (Å²) in [5.41, 5.74) is 4.17. The van der Waals surface area contributed by atoms with Crippen LogP contribution in [0.15, 0.2) is 18.2 Å². The largest absolute Gasteiger partial charge is 0.375 e. The van der Waals surface area contributed by atoms with Crippen LogP contribution in [0.2, 0.25) is 0 Å². The van der Waals surface area contributed by atoms with Crippen LogP contribution in [-0.4, -0.2) is 13.6 Å². The zero-order chi connectivity index (χ0) is 11.3. The zero-order valence-electron chi connectivity index (χ0n) is 10.5. The molecule has 0 atom stereocenters. The van der Waals surface area contributed by atoms with Gasteiger partial charge in [0.15, 0.2) is 0 Å². The van der Waals surface area contributed by atoms with Crippen molar-refractivity contribution in [1.82, 2.24) is 0 Å². The lowest BCUT2D eigenvalue weighted by molar-refractivity contribution is 0.766. The van der Waals surface area contributed by atoms with Crippen LogP contribution in [-0.2, 0) is 6.42 Å². The van der Waals surface area contributed by atoms with E-state index in [1.54, 1.807) is 0 Å². The maximum atomic E-state index is 2.36. The van der Waals surface area contributed by atoms with Gasteiger partial charge in [0.05, 0.1) is 0 Å². The zero-order valence-corrected chi connectivity index (χ0v) is 10.5. The Morgan fingerprint density at radius 3 is 2.47 bits per heavy atom. The third-order valence-electron chi connectivity index (χ3n) is 2.82. The first kappa shape index (κ1) is 12.1. The van der Waals surface area contributed by atoms with Gasteiger partial charge >= 0.3 is 0 Å². The molecule has 1 nitrogen and oxygen atoms in total. The Morgan fingerprint density at radius 2 is 1.87 bits per heavy atom. The van der Waals surface area contributed by atoms with Crippen molar-refractivity contribution < 1.29 is 0 Å². The second kappa shape index (κ2) is 5.79. The Kier molecular flexibility index (Phi) is 4.67. The van der Waals surface area contributed by atoms with E-state index in [1.165, 1.54) is 29.7 Å². The molecule has 0 unspecified atom stereocenters. The van der Waals surface area contributed by atoms with Gasteiger partial charge in [-0.3, -0.25) is 0 Å². The topological polar surface area (TPSA) is 3.24 Å². The number of nitrogens with zero attached hydrogens (tertiary/aromatic N) is 1. The van der Waals surface area contributed by atoms with Gasteiger partial charge in [-0.2, -0.15) is 0 Å². The number of hydrogen-bond acceptors (Lipinski definition) is 1. The van der Waals surface area contributed by atoms with E-state index < -0.39 is 0 Å². The third kappa shape index (κ3) is 3.58. The highest BCUT2D eigenvalue weighted by Gasteiger charge is 2.02. The molecule has 0 fully saturated rings. The molecule has 0 heterocycles. The molecule has 0 spiro atoms. The molecule has 1 rings (SSSR count). The third-order valence-corrected chi connectivity index (χ3v) is 2.82. The summed E-state index contributed by atoms with van der Waals surface area (Å²) < 4.78 is 0. The summed E-state index contributed by atoms with van der Waals surface area (Å²) in [4.78, 5) is 2.36. The predicted molar refractivity (Wildman–Crippen MR) is 68.7 cm³/mol. The molecular formula is C14H23N. The number of rotatable bonds is 5. The molecule has 0 aromatic heterocycles. The summed E-state index contributed by atoms with van der Waals surface area (Å²) in [7, 11) is 2.18. The van der Waals surface area contributed by atoms with E-state index >= 15 is 0 Å². The fraction of sp³-hybridized carbons (Fsp3) is 0.571. The Labute approximate surface area is 94.1 Å². The van der Waals surface area contributed by atoms with Gasteiger partial charge in [-0.05, 0) is 43.0 Å². The molecule has 1 aromatic rings. The molecule has 0 bridgehead atoms. The maximum absolute atomic E-state index is 2.36. The van der Waals surface area contributed by atoms with Crippen molar-refractivity contribution in [3.8, 4) is 0 Å². The summed E-state index contributed by atoms with van der Waals surface area (Å²) >= 11 is 0. The minimum atomic E-state index is 1.12. The lowest BCUT2D eigenvalue weighted by atomic mass is 10.1. The summed E-state index contributed by atoms with van der Waals surface area (Å²) in [6.45, 7) is 7.78. The average Bonchev–Trinajstić information content (AvgIpc) is 2.24. The highest BCUT2D eigenvalue weighted by Crippen LogP contribution is 2.18. The lowest BCUT2D eigenvalue weighted by Gasteiger charge is -2.20. The Hall–Kier alpha value is -0.980. The van der Waals surface area contributed by atoms with Crippen molar-refractivity contribution in [2.75, 3.05) is 18.5 Å².